The number of amidine groups is 1. The lowest BCUT2D eigenvalue weighted by Gasteiger charge is -2.24. The van der Waals surface area contributed by atoms with Crippen LogP contribution in [0.2, 0.25) is 0 Å². The van der Waals surface area contributed by atoms with Gasteiger partial charge in [-0.3, -0.25) is 9.98 Å². The minimum Gasteiger partial charge on any atom is -0.484 e. The van der Waals surface area contributed by atoms with Gasteiger partial charge in [-0.1, -0.05) is 20.8 Å². The molecule has 1 fully saturated rings. The molecule has 0 radical (unpaired) electrons. The first-order valence-electron chi connectivity index (χ1n) is 9.27. The van der Waals surface area contributed by atoms with E-state index in [-0.39, 0.29) is 23.2 Å². The summed E-state index contributed by atoms with van der Waals surface area (Å²) in [5.41, 5.74) is 6.65. The van der Waals surface area contributed by atoms with Crippen LogP contribution in [0.1, 0.15) is 68.6 Å². The summed E-state index contributed by atoms with van der Waals surface area (Å²) in [6.45, 7) is 6.12. The van der Waals surface area contributed by atoms with E-state index in [1.54, 1.807) is 6.92 Å². The van der Waals surface area contributed by atoms with E-state index in [0.29, 0.717) is 17.3 Å². The molecule has 2 aromatic heterocycles. The molecule has 0 amide bonds. The summed E-state index contributed by atoms with van der Waals surface area (Å²) in [6.07, 6.45) is -1.12. The van der Waals surface area contributed by atoms with Crippen molar-refractivity contribution in [1.29, 1.82) is 0 Å². The zero-order valence-electron chi connectivity index (χ0n) is 16.7. The van der Waals surface area contributed by atoms with Gasteiger partial charge < -0.3 is 14.9 Å². The molecule has 0 unspecified atom stereocenters. The Labute approximate surface area is 166 Å². The molecular formula is C19H24F3N5O2. The van der Waals surface area contributed by atoms with Crippen molar-refractivity contribution < 1.29 is 22.3 Å². The lowest BCUT2D eigenvalue weighted by atomic mass is 9.87. The fourth-order valence-electron chi connectivity index (χ4n) is 2.82. The summed E-state index contributed by atoms with van der Waals surface area (Å²) in [4.78, 5) is 8.79. The summed E-state index contributed by atoms with van der Waals surface area (Å²) < 4.78 is 48.4. The zero-order valence-corrected chi connectivity index (χ0v) is 16.7. The van der Waals surface area contributed by atoms with Crippen LogP contribution in [0.3, 0.4) is 0 Å². The van der Waals surface area contributed by atoms with Crippen molar-refractivity contribution in [2.24, 2.45) is 16.1 Å². The number of hydrogen-bond donors (Lipinski definition) is 1. The summed E-state index contributed by atoms with van der Waals surface area (Å²) >= 11 is 0. The van der Waals surface area contributed by atoms with Crippen molar-refractivity contribution in [2.75, 3.05) is 6.61 Å². The Morgan fingerprint density at radius 3 is 2.52 bits per heavy atom. The maximum absolute atomic E-state index is 12.6. The Morgan fingerprint density at radius 1 is 1.31 bits per heavy atom. The molecule has 0 bridgehead atoms. The predicted octanol–water partition coefficient (Wildman–Crippen LogP) is 4.08. The quantitative estimate of drug-likeness (QED) is 0.568. The summed E-state index contributed by atoms with van der Waals surface area (Å²) in [7, 11) is 0. The Morgan fingerprint density at radius 2 is 2.00 bits per heavy atom. The summed E-state index contributed by atoms with van der Waals surface area (Å²) in [5.74, 6) is 1.06. The third-order valence-corrected chi connectivity index (χ3v) is 4.43. The molecule has 1 atom stereocenters. The molecule has 29 heavy (non-hydrogen) atoms. The molecule has 1 aliphatic carbocycles. The standard InChI is InChI=1S/C19H24F3N5O2/c1-10-26-27-17(29-10)15(18(2,3)4)25-16(23)13-7-14(28-9-19(20,21)22)12(8-24-13)11-5-6-11/h7-8,11,15H,5-6,9H2,1-4H3,(H2,23,25)/t15-/m1/s1. The van der Waals surface area contributed by atoms with Gasteiger partial charge >= 0.3 is 6.18 Å². The van der Waals surface area contributed by atoms with Gasteiger partial charge in [-0.25, -0.2) is 0 Å². The maximum atomic E-state index is 12.6. The second-order valence-corrected chi connectivity index (χ2v) is 8.23. The van der Waals surface area contributed by atoms with E-state index in [2.05, 4.69) is 20.2 Å². The van der Waals surface area contributed by atoms with Crippen LogP contribution in [-0.4, -0.2) is 33.8 Å². The van der Waals surface area contributed by atoms with E-state index in [0.717, 1.165) is 12.8 Å². The molecule has 0 spiro atoms. The predicted molar refractivity (Wildman–Crippen MR) is 99.7 cm³/mol. The van der Waals surface area contributed by atoms with Gasteiger partial charge in [-0.15, -0.1) is 10.2 Å². The van der Waals surface area contributed by atoms with E-state index in [1.807, 2.05) is 20.8 Å². The molecule has 10 heteroatoms. The second kappa shape index (κ2) is 7.64. The van der Waals surface area contributed by atoms with Gasteiger partial charge in [0.1, 0.15) is 23.3 Å². The molecule has 0 saturated heterocycles. The number of halogens is 3. The highest BCUT2D eigenvalue weighted by Crippen LogP contribution is 2.44. The van der Waals surface area contributed by atoms with Gasteiger partial charge in [0.05, 0.1) is 0 Å². The molecule has 158 valence electrons. The van der Waals surface area contributed by atoms with E-state index < -0.39 is 24.2 Å². The topological polar surface area (TPSA) is 99.4 Å². The van der Waals surface area contributed by atoms with E-state index in [9.17, 15) is 13.2 Å². The SMILES string of the molecule is Cc1nnc([C@@H](N=C(N)c2cc(OCC(F)(F)F)c(C3CC3)cn2)C(C)(C)C)o1. The molecule has 1 aliphatic rings. The summed E-state index contributed by atoms with van der Waals surface area (Å²) in [5, 5.41) is 7.86. The third kappa shape index (κ3) is 5.45. The second-order valence-electron chi connectivity index (χ2n) is 8.23. The molecule has 3 rings (SSSR count). The summed E-state index contributed by atoms with van der Waals surface area (Å²) in [6, 6.07) is 0.866. The monoisotopic (exact) mass is 411 g/mol. The molecule has 7 nitrogen and oxygen atoms in total. The van der Waals surface area contributed by atoms with Crippen molar-refractivity contribution in [3.8, 4) is 5.75 Å². The Balaban J connectivity index is 1.93. The molecule has 2 N–H and O–H groups in total. The number of aryl methyl sites for hydroxylation is 1. The Hall–Kier alpha value is -2.65. The van der Waals surface area contributed by atoms with Crippen molar-refractivity contribution >= 4 is 5.84 Å². The third-order valence-electron chi connectivity index (χ3n) is 4.43. The zero-order chi connectivity index (χ0) is 21.4. The van der Waals surface area contributed by atoms with Crippen molar-refractivity contribution in [3.05, 3.63) is 35.3 Å². The number of alkyl halides is 3. The number of ether oxygens (including phenoxy) is 1. The molecule has 0 aromatic carbocycles. The number of aliphatic imine (C=N–C) groups is 1. The van der Waals surface area contributed by atoms with Crippen LogP contribution in [-0.2, 0) is 0 Å². The number of nitrogens with two attached hydrogens (primary N) is 1. The molecular weight excluding hydrogens is 387 g/mol. The van der Waals surface area contributed by atoms with Gasteiger partial charge in [-0.05, 0) is 24.2 Å². The molecule has 0 aliphatic heterocycles. The van der Waals surface area contributed by atoms with Crippen LogP contribution in [0.5, 0.6) is 5.75 Å². The highest BCUT2D eigenvalue weighted by Gasteiger charge is 2.33. The Bertz CT molecular complexity index is 898. The smallest absolute Gasteiger partial charge is 0.422 e. The number of pyridine rings is 1. The van der Waals surface area contributed by atoms with Crippen LogP contribution in [0, 0.1) is 12.3 Å². The fourth-order valence-corrected chi connectivity index (χ4v) is 2.82. The van der Waals surface area contributed by atoms with Crippen molar-refractivity contribution in [1.82, 2.24) is 15.2 Å². The van der Waals surface area contributed by atoms with Gasteiger partial charge in [-0.2, -0.15) is 13.2 Å². The molecule has 2 aromatic rings. The molecule has 1 saturated carbocycles. The van der Waals surface area contributed by atoms with Crippen LogP contribution >= 0.6 is 0 Å². The van der Waals surface area contributed by atoms with Crippen molar-refractivity contribution in [2.45, 2.75) is 58.7 Å². The highest BCUT2D eigenvalue weighted by atomic mass is 19.4. The first kappa shape index (κ1) is 21.1. The first-order chi connectivity index (χ1) is 13.4. The normalized spacial score (nSPS) is 16.7. The van der Waals surface area contributed by atoms with E-state index >= 15 is 0 Å². The Kier molecular flexibility index (Phi) is 5.55. The first-order valence-corrected chi connectivity index (χ1v) is 9.27. The maximum Gasteiger partial charge on any atom is 0.422 e. The lowest BCUT2D eigenvalue weighted by molar-refractivity contribution is -0.153. The largest absolute Gasteiger partial charge is 0.484 e. The number of nitrogens with zero attached hydrogens (tertiary/aromatic N) is 4. The lowest BCUT2D eigenvalue weighted by Crippen LogP contribution is -2.24. The van der Waals surface area contributed by atoms with E-state index in [4.69, 9.17) is 14.9 Å². The minimum atomic E-state index is -4.43. The highest BCUT2D eigenvalue weighted by molar-refractivity contribution is 5.96. The molecule has 2 heterocycles. The van der Waals surface area contributed by atoms with Crippen LogP contribution < -0.4 is 10.5 Å². The van der Waals surface area contributed by atoms with Crippen LogP contribution in [0.25, 0.3) is 0 Å². The average molecular weight is 411 g/mol. The van der Waals surface area contributed by atoms with Gasteiger partial charge in [0.2, 0.25) is 11.8 Å². The van der Waals surface area contributed by atoms with Gasteiger partial charge in [0.25, 0.3) is 0 Å². The van der Waals surface area contributed by atoms with Crippen LogP contribution in [0.4, 0.5) is 13.2 Å². The van der Waals surface area contributed by atoms with E-state index in [1.165, 1.54) is 12.3 Å². The number of hydrogen-bond acceptors (Lipinski definition) is 6. The van der Waals surface area contributed by atoms with Gasteiger partial charge in [0, 0.05) is 24.8 Å². The van der Waals surface area contributed by atoms with Crippen molar-refractivity contribution in [3.63, 3.8) is 0 Å². The minimum absolute atomic E-state index is 0.0555. The van der Waals surface area contributed by atoms with Gasteiger partial charge in [0.15, 0.2) is 6.61 Å². The number of aromatic nitrogens is 3. The average Bonchev–Trinajstić information content (AvgIpc) is 3.37. The number of rotatable bonds is 6. The van der Waals surface area contributed by atoms with Crippen LogP contribution in [0.15, 0.2) is 21.7 Å². The fraction of sp³-hybridized carbons (Fsp3) is 0.579.